The number of halogens is 3. The maximum atomic E-state index is 13.3. The normalized spacial score (nSPS) is 14.2. The number of hydrogen-bond donors (Lipinski definition) is 2. The third-order valence-corrected chi connectivity index (χ3v) is 3.93. The van der Waals surface area contributed by atoms with Crippen LogP contribution in [0.5, 0.6) is 5.75 Å². The van der Waals surface area contributed by atoms with Crippen LogP contribution in [0.3, 0.4) is 0 Å². The van der Waals surface area contributed by atoms with E-state index in [1.54, 1.807) is 13.8 Å². The van der Waals surface area contributed by atoms with Crippen molar-refractivity contribution >= 4 is 17.4 Å². The average molecular weight is 369 g/mol. The van der Waals surface area contributed by atoms with Crippen molar-refractivity contribution < 1.29 is 27.2 Å². The Morgan fingerprint density at radius 2 is 2.08 bits per heavy atom. The molecule has 0 atom stereocenters. The van der Waals surface area contributed by atoms with Crippen molar-refractivity contribution in [3.63, 3.8) is 0 Å². The van der Waals surface area contributed by atoms with Gasteiger partial charge in [0.15, 0.2) is 5.76 Å². The molecule has 3 rings (SSSR count). The second-order valence-electron chi connectivity index (χ2n) is 6.00. The SMILES string of the molecule is CCOc1ccc(NC(=O)Nc2c(C)noc2C2CC2)c(C(F)(F)F)c1. The number of benzene rings is 1. The fourth-order valence-electron chi connectivity index (χ4n) is 2.55. The number of ether oxygens (including phenoxy) is 1. The summed E-state index contributed by atoms with van der Waals surface area (Å²) < 4.78 is 50.2. The summed E-state index contributed by atoms with van der Waals surface area (Å²) in [6.07, 6.45) is -2.77. The third-order valence-electron chi connectivity index (χ3n) is 3.93. The van der Waals surface area contributed by atoms with E-state index in [-0.39, 0.29) is 24.0 Å². The molecule has 2 amide bonds. The zero-order valence-corrected chi connectivity index (χ0v) is 14.2. The van der Waals surface area contributed by atoms with Gasteiger partial charge in [0, 0.05) is 5.92 Å². The first-order valence-electron chi connectivity index (χ1n) is 8.17. The molecule has 2 N–H and O–H groups in total. The second kappa shape index (κ2) is 6.89. The fourth-order valence-corrected chi connectivity index (χ4v) is 2.55. The van der Waals surface area contributed by atoms with E-state index in [2.05, 4.69) is 15.8 Å². The molecule has 1 heterocycles. The molecule has 0 saturated heterocycles. The topological polar surface area (TPSA) is 76.4 Å². The summed E-state index contributed by atoms with van der Waals surface area (Å²) in [7, 11) is 0. The van der Waals surface area contributed by atoms with E-state index in [4.69, 9.17) is 9.26 Å². The summed E-state index contributed by atoms with van der Waals surface area (Å²) in [4.78, 5) is 12.2. The van der Waals surface area contributed by atoms with Crippen LogP contribution in [-0.2, 0) is 6.18 Å². The van der Waals surface area contributed by atoms with E-state index >= 15 is 0 Å². The lowest BCUT2D eigenvalue weighted by atomic mass is 10.1. The first-order chi connectivity index (χ1) is 12.3. The Bertz CT molecular complexity index is 813. The summed E-state index contributed by atoms with van der Waals surface area (Å²) in [5, 5.41) is 8.60. The highest BCUT2D eigenvalue weighted by Crippen LogP contribution is 2.44. The number of aryl methyl sites for hydroxylation is 1. The smallest absolute Gasteiger partial charge is 0.418 e. The molecule has 0 bridgehead atoms. The molecule has 0 radical (unpaired) electrons. The number of aromatic nitrogens is 1. The third kappa shape index (κ3) is 3.92. The van der Waals surface area contributed by atoms with E-state index in [9.17, 15) is 18.0 Å². The van der Waals surface area contributed by atoms with Crippen LogP contribution in [0.4, 0.5) is 29.3 Å². The van der Waals surface area contributed by atoms with Gasteiger partial charge in [-0.3, -0.25) is 0 Å². The van der Waals surface area contributed by atoms with Crippen molar-refractivity contribution in [1.29, 1.82) is 0 Å². The number of amides is 2. The molecular weight excluding hydrogens is 351 g/mol. The van der Waals surface area contributed by atoms with Gasteiger partial charge in [0.1, 0.15) is 17.1 Å². The second-order valence-corrected chi connectivity index (χ2v) is 6.00. The highest BCUT2D eigenvalue weighted by atomic mass is 19.4. The lowest BCUT2D eigenvalue weighted by Gasteiger charge is -2.16. The van der Waals surface area contributed by atoms with Crippen molar-refractivity contribution in [3.8, 4) is 5.75 Å². The van der Waals surface area contributed by atoms with Gasteiger partial charge in [-0.2, -0.15) is 13.2 Å². The van der Waals surface area contributed by atoms with Gasteiger partial charge in [-0.05, 0) is 44.9 Å². The van der Waals surface area contributed by atoms with Crippen molar-refractivity contribution in [3.05, 3.63) is 35.2 Å². The molecule has 1 aliphatic rings. The molecular formula is C17H18F3N3O3. The van der Waals surface area contributed by atoms with Gasteiger partial charge >= 0.3 is 12.2 Å². The molecule has 6 nitrogen and oxygen atoms in total. The van der Waals surface area contributed by atoms with Crippen LogP contribution in [0.2, 0.25) is 0 Å². The Balaban J connectivity index is 1.80. The van der Waals surface area contributed by atoms with E-state index in [1.165, 1.54) is 6.07 Å². The number of nitrogens with zero attached hydrogens (tertiary/aromatic N) is 1. The van der Waals surface area contributed by atoms with Gasteiger partial charge in [0.25, 0.3) is 0 Å². The maximum Gasteiger partial charge on any atom is 0.418 e. The van der Waals surface area contributed by atoms with E-state index in [0.717, 1.165) is 25.0 Å². The van der Waals surface area contributed by atoms with Crippen LogP contribution in [-0.4, -0.2) is 17.8 Å². The highest BCUT2D eigenvalue weighted by molar-refractivity contribution is 6.01. The van der Waals surface area contributed by atoms with Crippen LogP contribution in [0.15, 0.2) is 22.7 Å². The number of nitrogens with one attached hydrogen (secondary N) is 2. The summed E-state index contributed by atoms with van der Waals surface area (Å²) in [6, 6.07) is 2.59. The van der Waals surface area contributed by atoms with Gasteiger partial charge in [-0.1, -0.05) is 5.16 Å². The highest BCUT2D eigenvalue weighted by Gasteiger charge is 2.35. The number of hydrogen-bond acceptors (Lipinski definition) is 4. The summed E-state index contributed by atoms with van der Waals surface area (Å²) in [5.74, 6) is 0.833. The molecule has 0 unspecified atom stereocenters. The molecule has 26 heavy (non-hydrogen) atoms. The van der Waals surface area contributed by atoms with E-state index in [0.29, 0.717) is 17.1 Å². The number of anilines is 2. The molecule has 1 aromatic carbocycles. The lowest BCUT2D eigenvalue weighted by Crippen LogP contribution is -2.22. The molecule has 1 saturated carbocycles. The first-order valence-corrected chi connectivity index (χ1v) is 8.17. The number of carbonyl (C=O) groups is 1. The number of urea groups is 1. The molecule has 140 valence electrons. The van der Waals surface area contributed by atoms with Crippen molar-refractivity contribution in [2.24, 2.45) is 0 Å². The van der Waals surface area contributed by atoms with Gasteiger partial charge in [0.2, 0.25) is 0 Å². The molecule has 1 aliphatic carbocycles. The van der Waals surface area contributed by atoms with Crippen LogP contribution in [0.1, 0.15) is 42.7 Å². The van der Waals surface area contributed by atoms with Crippen molar-refractivity contribution in [2.75, 3.05) is 17.2 Å². The van der Waals surface area contributed by atoms with Gasteiger partial charge in [-0.15, -0.1) is 0 Å². The quantitative estimate of drug-likeness (QED) is 0.784. The lowest BCUT2D eigenvalue weighted by molar-refractivity contribution is -0.137. The zero-order chi connectivity index (χ0) is 18.9. The Morgan fingerprint density at radius 1 is 1.35 bits per heavy atom. The van der Waals surface area contributed by atoms with E-state index < -0.39 is 17.8 Å². The van der Waals surface area contributed by atoms with Gasteiger partial charge < -0.3 is 19.9 Å². The molecule has 2 aromatic rings. The standard InChI is InChI=1S/C17H18F3N3O3/c1-3-25-11-6-7-13(12(8-11)17(18,19)20)21-16(24)22-14-9(2)23-26-15(14)10-4-5-10/h6-8,10H,3-5H2,1-2H3,(H2,21,22,24). The Kier molecular flexibility index (Phi) is 4.80. The molecule has 0 spiro atoms. The van der Waals surface area contributed by atoms with Crippen LogP contribution < -0.4 is 15.4 Å². The number of carbonyl (C=O) groups excluding carboxylic acids is 1. The van der Waals surface area contributed by atoms with Gasteiger partial charge in [-0.25, -0.2) is 4.79 Å². The average Bonchev–Trinajstić information content (AvgIpc) is 3.34. The maximum absolute atomic E-state index is 13.3. The molecule has 1 fully saturated rings. The van der Waals surface area contributed by atoms with Gasteiger partial charge in [0.05, 0.1) is 17.9 Å². The predicted octanol–water partition coefficient (Wildman–Crippen LogP) is 4.92. The summed E-state index contributed by atoms with van der Waals surface area (Å²) in [6.45, 7) is 3.57. The van der Waals surface area contributed by atoms with E-state index in [1.807, 2.05) is 0 Å². The number of alkyl halides is 3. The fraction of sp³-hybridized carbons (Fsp3) is 0.412. The summed E-state index contributed by atoms with van der Waals surface area (Å²) >= 11 is 0. The Hall–Kier alpha value is -2.71. The zero-order valence-electron chi connectivity index (χ0n) is 14.2. The summed E-state index contributed by atoms with van der Waals surface area (Å²) in [5.41, 5.74) is -0.460. The Labute approximate surface area is 147 Å². The molecule has 1 aromatic heterocycles. The minimum atomic E-state index is -4.64. The minimum Gasteiger partial charge on any atom is -0.494 e. The minimum absolute atomic E-state index is 0.0803. The predicted molar refractivity (Wildman–Crippen MR) is 88.5 cm³/mol. The number of rotatable bonds is 5. The first kappa shape index (κ1) is 18.1. The monoisotopic (exact) mass is 369 g/mol. The largest absolute Gasteiger partial charge is 0.494 e. The molecule has 9 heteroatoms. The van der Waals surface area contributed by atoms with Crippen LogP contribution in [0, 0.1) is 6.92 Å². The van der Waals surface area contributed by atoms with Crippen LogP contribution >= 0.6 is 0 Å². The van der Waals surface area contributed by atoms with Crippen LogP contribution in [0.25, 0.3) is 0 Å². The molecule has 0 aliphatic heterocycles. The van der Waals surface area contributed by atoms with Crippen molar-refractivity contribution in [1.82, 2.24) is 5.16 Å². The van der Waals surface area contributed by atoms with Crippen molar-refractivity contribution in [2.45, 2.75) is 38.8 Å². The Morgan fingerprint density at radius 3 is 2.69 bits per heavy atom.